The van der Waals surface area contributed by atoms with Crippen LogP contribution in [0.2, 0.25) is 0 Å². The van der Waals surface area contributed by atoms with Crippen molar-refractivity contribution in [1.29, 1.82) is 0 Å². The lowest BCUT2D eigenvalue weighted by Crippen LogP contribution is -2.13. The highest BCUT2D eigenvalue weighted by Crippen LogP contribution is 2.23. The number of rotatable bonds is 6. The number of amidine groups is 1. The summed E-state index contributed by atoms with van der Waals surface area (Å²) in [5.41, 5.74) is 11.8. The molecule has 0 aliphatic rings. The molecule has 0 radical (unpaired) electrons. The smallest absolute Gasteiger partial charge is 0.125 e. The first-order valence-corrected chi connectivity index (χ1v) is 9.12. The van der Waals surface area contributed by atoms with Gasteiger partial charge in [-0.25, -0.2) is 0 Å². The fraction of sp³-hybridized carbons (Fsp3) is 0.0800. The van der Waals surface area contributed by atoms with E-state index in [1.165, 1.54) is 22.3 Å². The molecule has 3 aromatic rings. The lowest BCUT2D eigenvalue weighted by Gasteiger charge is -2.05. The molecule has 0 fully saturated rings. The first-order chi connectivity index (χ1) is 13.3. The molecule has 2 heteroatoms. The molecular formula is C25H24N2. The van der Waals surface area contributed by atoms with E-state index in [0.29, 0.717) is 12.4 Å². The number of allylic oxidation sites excluding steroid dienone is 3. The molecule has 0 bridgehead atoms. The van der Waals surface area contributed by atoms with E-state index in [-0.39, 0.29) is 0 Å². The molecule has 0 spiro atoms. The summed E-state index contributed by atoms with van der Waals surface area (Å²) in [7, 11) is 0. The van der Waals surface area contributed by atoms with Crippen LogP contribution in [0.1, 0.15) is 18.1 Å². The quantitative estimate of drug-likeness (QED) is 0.344. The minimum absolute atomic E-state index is 0.556. The topological polar surface area (TPSA) is 38.4 Å². The minimum atomic E-state index is 0.556. The Balaban J connectivity index is 1.66. The van der Waals surface area contributed by atoms with Gasteiger partial charge in [-0.2, -0.15) is 0 Å². The molecule has 0 atom stereocenters. The van der Waals surface area contributed by atoms with Gasteiger partial charge in [-0.3, -0.25) is 4.99 Å². The van der Waals surface area contributed by atoms with Gasteiger partial charge in [0, 0.05) is 5.56 Å². The normalized spacial score (nSPS) is 12.5. The standard InChI is InChI=1S/C25H24N2/c1-2-20(14-9-19-27-25(26)24-12-7-4-8-13-24)22-15-17-23(18-16-22)21-10-5-3-6-11-21/h2-18H,19H2,1H3,(H2,26,27)/b14-9-,20-2+. The largest absolute Gasteiger partial charge is 0.383 e. The van der Waals surface area contributed by atoms with Crippen molar-refractivity contribution in [2.24, 2.45) is 10.7 Å². The number of nitrogens with two attached hydrogens (primary N) is 1. The third kappa shape index (κ3) is 5.05. The first-order valence-electron chi connectivity index (χ1n) is 9.12. The zero-order valence-corrected chi connectivity index (χ0v) is 15.5. The lowest BCUT2D eigenvalue weighted by molar-refractivity contribution is 1.23. The lowest BCUT2D eigenvalue weighted by atomic mass is 10.00. The van der Waals surface area contributed by atoms with E-state index < -0.39 is 0 Å². The molecule has 3 aromatic carbocycles. The highest BCUT2D eigenvalue weighted by Gasteiger charge is 2.00. The molecule has 0 saturated heterocycles. The van der Waals surface area contributed by atoms with Crippen LogP contribution in [0.15, 0.2) is 108 Å². The number of aliphatic imine (C=N–C) groups is 1. The molecule has 2 nitrogen and oxygen atoms in total. The summed E-state index contributed by atoms with van der Waals surface area (Å²) in [5.74, 6) is 0.564. The van der Waals surface area contributed by atoms with Crippen LogP contribution < -0.4 is 5.73 Å². The Bertz CT molecular complexity index is 935. The van der Waals surface area contributed by atoms with Gasteiger partial charge in [0.05, 0.1) is 6.54 Å². The van der Waals surface area contributed by atoms with E-state index in [4.69, 9.17) is 5.73 Å². The molecule has 0 aliphatic heterocycles. The van der Waals surface area contributed by atoms with Crippen molar-refractivity contribution >= 4 is 11.4 Å². The monoisotopic (exact) mass is 352 g/mol. The molecular weight excluding hydrogens is 328 g/mol. The Morgan fingerprint density at radius 3 is 2.00 bits per heavy atom. The van der Waals surface area contributed by atoms with Crippen LogP contribution in [0.3, 0.4) is 0 Å². The van der Waals surface area contributed by atoms with Crippen molar-refractivity contribution < 1.29 is 0 Å². The highest BCUT2D eigenvalue weighted by atomic mass is 14.8. The van der Waals surface area contributed by atoms with Crippen LogP contribution in [0.25, 0.3) is 16.7 Å². The number of benzene rings is 3. The van der Waals surface area contributed by atoms with Gasteiger partial charge in [-0.1, -0.05) is 103 Å². The van der Waals surface area contributed by atoms with Crippen molar-refractivity contribution in [2.75, 3.05) is 6.54 Å². The van der Waals surface area contributed by atoms with E-state index in [0.717, 1.165) is 5.56 Å². The molecule has 0 aliphatic carbocycles. The van der Waals surface area contributed by atoms with Gasteiger partial charge < -0.3 is 5.73 Å². The second kappa shape index (κ2) is 9.35. The molecule has 0 unspecified atom stereocenters. The average molecular weight is 352 g/mol. The van der Waals surface area contributed by atoms with E-state index in [1.807, 2.05) is 49.4 Å². The Morgan fingerprint density at radius 2 is 1.37 bits per heavy atom. The Hall–Kier alpha value is -3.39. The van der Waals surface area contributed by atoms with Gasteiger partial charge >= 0.3 is 0 Å². The Kier molecular flexibility index (Phi) is 6.37. The number of hydrogen-bond donors (Lipinski definition) is 1. The summed E-state index contributed by atoms with van der Waals surface area (Å²) in [4.78, 5) is 4.43. The van der Waals surface area contributed by atoms with Crippen LogP contribution in [-0.2, 0) is 0 Å². The Labute approximate surface area is 161 Å². The minimum Gasteiger partial charge on any atom is -0.383 e. The maximum absolute atomic E-state index is 6.03. The number of hydrogen-bond acceptors (Lipinski definition) is 1. The second-order valence-electron chi connectivity index (χ2n) is 6.18. The van der Waals surface area contributed by atoms with Crippen LogP contribution in [0.5, 0.6) is 0 Å². The van der Waals surface area contributed by atoms with Gasteiger partial charge in [-0.15, -0.1) is 0 Å². The van der Waals surface area contributed by atoms with Crippen LogP contribution >= 0.6 is 0 Å². The zero-order valence-electron chi connectivity index (χ0n) is 15.5. The van der Waals surface area contributed by atoms with Gasteiger partial charge in [0.1, 0.15) is 5.84 Å². The van der Waals surface area contributed by atoms with E-state index in [9.17, 15) is 0 Å². The van der Waals surface area contributed by atoms with Crippen LogP contribution in [0, 0.1) is 0 Å². The average Bonchev–Trinajstić information content (AvgIpc) is 2.75. The van der Waals surface area contributed by atoms with Gasteiger partial charge in [0.15, 0.2) is 0 Å². The summed E-state index contributed by atoms with van der Waals surface area (Å²) in [6, 6.07) is 28.9. The molecule has 27 heavy (non-hydrogen) atoms. The van der Waals surface area contributed by atoms with E-state index in [2.05, 4.69) is 65.7 Å². The maximum atomic E-state index is 6.03. The third-order valence-electron chi connectivity index (χ3n) is 4.37. The third-order valence-corrected chi connectivity index (χ3v) is 4.37. The second-order valence-corrected chi connectivity index (χ2v) is 6.18. The maximum Gasteiger partial charge on any atom is 0.125 e. The molecule has 0 heterocycles. The number of nitrogens with zero attached hydrogens (tertiary/aromatic N) is 1. The van der Waals surface area contributed by atoms with Gasteiger partial charge in [0.2, 0.25) is 0 Å². The van der Waals surface area contributed by atoms with Crippen molar-refractivity contribution in [3.63, 3.8) is 0 Å². The van der Waals surface area contributed by atoms with Crippen molar-refractivity contribution in [3.05, 3.63) is 114 Å². The molecule has 0 aromatic heterocycles. The predicted octanol–water partition coefficient (Wildman–Crippen LogP) is 5.72. The molecule has 0 saturated carbocycles. The summed E-state index contributed by atoms with van der Waals surface area (Å²) in [5, 5.41) is 0. The predicted molar refractivity (Wildman–Crippen MR) is 117 cm³/mol. The summed E-state index contributed by atoms with van der Waals surface area (Å²) < 4.78 is 0. The Morgan fingerprint density at radius 1 is 0.778 bits per heavy atom. The van der Waals surface area contributed by atoms with E-state index >= 15 is 0 Å². The zero-order chi connectivity index (χ0) is 18.9. The molecule has 134 valence electrons. The molecule has 3 rings (SSSR count). The first kappa shape index (κ1) is 18.4. The fourth-order valence-electron chi connectivity index (χ4n) is 2.88. The highest BCUT2D eigenvalue weighted by molar-refractivity contribution is 5.97. The van der Waals surface area contributed by atoms with E-state index in [1.54, 1.807) is 0 Å². The van der Waals surface area contributed by atoms with Crippen molar-refractivity contribution in [3.8, 4) is 11.1 Å². The van der Waals surface area contributed by atoms with Crippen LogP contribution in [-0.4, -0.2) is 12.4 Å². The summed E-state index contributed by atoms with van der Waals surface area (Å²) >= 11 is 0. The summed E-state index contributed by atoms with van der Waals surface area (Å²) in [6.07, 6.45) is 6.24. The summed E-state index contributed by atoms with van der Waals surface area (Å²) in [6.45, 7) is 2.60. The van der Waals surface area contributed by atoms with Crippen LogP contribution in [0.4, 0.5) is 0 Å². The van der Waals surface area contributed by atoms with Crippen molar-refractivity contribution in [2.45, 2.75) is 6.92 Å². The molecule has 2 N–H and O–H groups in total. The molecule has 0 amide bonds. The SMILES string of the molecule is C/C=C(\C=C/CN=C(N)c1ccccc1)c1ccc(-c2ccccc2)cc1. The fourth-order valence-corrected chi connectivity index (χ4v) is 2.88. The van der Waals surface area contributed by atoms with Gasteiger partial charge in [-0.05, 0) is 29.2 Å². The van der Waals surface area contributed by atoms with Crippen molar-refractivity contribution in [1.82, 2.24) is 0 Å². The van der Waals surface area contributed by atoms with Gasteiger partial charge in [0.25, 0.3) is 0 Å².